The van der Waals surface area contributed by atoms with Crippen LogP contribution in [0, 0.1) is 5.82 Å². The maximum Gasteiger partial charge on any atom is 0.260 e. The van der Waals surface area contributed by atoms with Gasteiger partial charge in [0, 0.05) is 13.1 Å². The summed E-state index contributed by atoms with van der Waals surface area (Å²) in [5.74, 6) is -0.620. The standard InChI is InChI=1S/C17H23FN2O3/c18-14-5-1-2-6-15(14)23-11-16(21)20-10-7-17(22,13-20)12-19-8-3-4-9-19/h1-2,5-6,22H,3-4,7-13H2/t17-/m1/s1. The molecule has 23 heavy (non-hydrogen) atoms. The second kappa shape index (κ2) is 6.84. The number of ether oxygens (including phenoxy) is 1. The molecule has 0 bridgehead atoms. The van der Waals surface area contributed by atoms with Gasteiger partial charge in [0.25, 0.3) is 5.91 Å². The minimum absolute atomic E-state index is 0.0763. The lowest BCUT2D eigenvalue weighted by Crippen LogP contribution is -2.45. The Balaban J connectivity index is 1.50. The zero-order valence-electron chi connectivity index (χ0n) is 13.2. The molecule has 1 atom stereocenters. The molecule has 2 aliphatic rings. The molecular weight excluding hydrogens is 299 g/mol. The van der Waals surface area contributed by atoms with Crippen LogP contribution in [0.5, 0.6) is 5.75 Å². The van der Waals surface area contributed by atoms with Gasteiger partial charge in [-0.05, 0) is 44.5 Å². The van der Waals surface area contributed by atoms with Crippen LogP contribution in [-0.4, -0.2) is 65.7 Å². The Bertz CT molecular complexity index is 563. The van der Waals surface area contributed by atoms with Crippen LogP contribution in [0.4, 0.5) is 4.39 Å². The minimum atomic E-state index is -0.835. The summed E-state index contributed by atoms with van der Waals surface area (Å²) in [7, 11) is 0. The largest absolute Gasteiger partial charge is 0.481 e. The first-order chi connectivity index (χ1) is 11.1. The van der Waals surface area contributed by atoms with E-state index in [0.717, 1.165) is 13.1 Å². The smallest absolute Gasteiger partial charge is 0.260 e. The highest BCUT2D eigenvalue weighted by Gasteiger charge is 2.39. The Hall–Kier alpha value is -1.66. The molecule has 3 rings (SSSR count). The fourth-order valence-electron chi connectivity index (χ4n) is 3.35. The van der Waals surface area contributed by atoms with Gasteiger partial charge in [-0.25, -0.2) is 4.39 Å². The third kappa shape index (κ3) is 4.00. The molecule has 2 aliphatic heterocycles. The number of rotatable bonds is 5. The molecule has 2 fully saturated rings. The molecule has 0 saturated carbocycles. The van der Waals surface area contributed by atoms with E-state index in [0.29, 0.717) is 26.1 Å². The first-order valence-corrected chi connectivity index (χ1v) is 8.16. The van der Waals surface area contributed by atoms with Gasteiger partial charge in [-0.15, -0.1) is 0 Å². The van der Waals surface area contributed by atoms with Crippen LogP contribution in [0.25, 0.3) is 0 Å². The van der Waals surface area contributed by atoms with Gasteiger partial charge in [0.05, 0.1) is 12.1 Å². The van der Waals surface area contributed by atoms with Gasteiger partial charge in [0.2, 0.25) is 0 Å². The van der Waals surface area contributed by atoms with Gasteiger partial charge in [0.1, 0.15) is 0 Å². The molecule has 0 aromatic heterocycles. The lowest BCUT2D eigenvalue weighted by molar-refractivity contribution is -0.133. The van der Waals surface area contributed by atoms with Crippen molar-refractivity contribution < 1.29 is 19.0 Å². The second-order valence-corrected chi connectivity index (χ2v) is 6.49. The van der Waals surface area contributed by atoms with Gasteiger partial charge in [-0.3, -0.25) is 4.79 Å². The SMILES string of the molecule is O=C(COc1ccccc1F)N1CC[C@@](O)(CN2CCCC2)C1. The molecule has 126 valence electrons. The molecular formula is C17H23FN2O3. The van der Waals surface area contributed by atoms with Gasteiger partial charge < -0.3 is 19.6 Å². The van der Waals surface area contributed by atoms with E-state index in [1.165, 1.54) is 25.0 Å². The van der Waals surface area contributed by atoms with E-state index in [-0.39, 0.29) is 18.3 Å². The number of carbonyl (C=O) groups is 1. The molecule has 6 heteroatoms. The zero-order valence-corrected chi connectivity index (χ0v) is 13.2. The maximum atomic E-state index is 13.5. The second-order valence-electron chi connectivity index (χ2n) is 6.49. The average Bonchev–Trinajstić information content (AvgIpc) is 3.16. The predicted molar refractivity (Wildman–Crippen MR) is 83.7 cm³/mol. The number of hydrogen-bond donors (Lipinski definition) is 1. The number of β-amino-alcohol motifs (C(OH)–C–C–N with tert-alkyl or cyclic N) is 1. The van der Waals surface area contributed by atoms with Crippen LogP contribution in [0.3, 0.4) is 0 Å². The third-order valence-corrected chi connectivity index (χ3v) is 4.59. The van der Waals surface area contributed by atoms with Crippen molar-refractivity contribution in [2.24, 2.45) is 0 Å². The van der Waals surface area contributed by atoms with Crippen molar-refractivity contribution in [3.63, 3.8) is 0 Å². The van der Waals surface area contributed by atoms with Crippen molar-refractivity contribution in [2.75, 3.05) is 39.3 Å². The van der Waals surface area contributed by atoms with E-state index in [1.54, 1.807) is 17.0 Å². The zero-order chi connectivity index (χ0) is 16.3. The van der Waals surface area contributed by atoms with Gasteiger partial charge in [0.15, 0.2) is 18.2 Å². The molecule has 0 unspecified atom stereocenters. The molecule has 0 aliphatic carbocycles. The van der Waals surface area contributed by atoms with Crippen LogP contribution in [-0.2, 0) is 4.79 Å². The van der Waals surface area contributed by atoms with Crippen LogP contribution in [0.1, 0.15) is 19.3 Å². The predicted octanol–water partition coefficient (Wildman–Crippen LogP) is 1.26. The molecule has 1 aromatic rings. The first kappa shape index (κ1) is 16.2. The summed E-state index contributed by atoms with van der Waals surface area (Å²) in [4.78, 5) is 16.1. The molecule has 2 saturated heterocycles. The Morgan fingerprint density at radius 3 is 2.74 bits per heavy atom. The summed E-state index contributed by atoms with van der Waals surface area (Å²) in [5, 5.41) is 10.7. The summed E-state index contributed by atoms with van der Waals surface area (Å²) >= 11 is 0. The number of nitrogens with zero attached hydrogens (tertiary/aromatic N) is 2. The van der Waals surface area contributed by atoms with Gasteiger partial charge in [-0.1, -0.05) is 12.1 Å². The highest BCUT2D eigenvalue weighted by atomic mass is 19.1. The van der Waals surface area contributed by atoms with E-state index >= 15 is 0 Å². The summed E-state index contributed by atoms with van der Waals surface area (Å²) in [6.07, 6.45) is 2.93. The van der Waals surface area contributed by atoms with Crippen LogP contribution in [0.2, 0.25) is 0 Å². The van der Waals surface area contributed by atoms with Crippen LogP contribution < -0.4 is 4.74 Å². The number of para-hydroxylation sites is 1. The fourth-order valence-corrected chi connectivity index (χ4v) is 3.35. The van der Waals surface area contributed by atoms with E-state index in [1.807, 2.05) is 0 Å². The fraction of sp³-hybridized carbons (Fsp3) is 0.588. The number of likely N-dealkylation sites (tertiary alicyclic amines) is 2. The van der Waals surface area contributed by atoms with Crippen molar-refractivity contribution >= 4 is 5.91 Å². The minimum Gasteiger partial charge on any atom is -0.481 e. The average molecular weight is 322 g/mol. The summed E-state index contributed by atoms with van der Waals surface area (Å²) < 4.78 is 18.7. The molecule has 1 amide bonds. The topological polar surface area (TPSA) is 53.0 Å². The Morgan fingerprint density at radius 1 is 1.26 bits per heavy atom. The molecule has 0 spiro atoms. The van der Waals surface area contributed by atoms with Crippen molar-refractivity contribution in [1.82, 2.24) is 9.80 Å². The third-order valence-electron chi connectivity index (χ3n) is 4.59. The lowest BCUT2D eigenvalue weighted by Gasteiger charge is -2.28. The monoisotopic (exact) mass is 322 g/mol. The summed E-state index contributed by atoms with van der Waals surface area (Å²) in [5.41, 5.74) is -0.835. The van der Waals surface area contributed by atoms with Crippen molar-refractivity contribution in [3.8, 4) is 5.75 Å². The van der Waals surface area contributed by atoms with E-state index in [2.05, 4.69) is 4.90 Å². The van der Waals surface area contributed by atoms with E-state index in [9.17, 15) is 14.3 Å². The number of halogens is 1. The van der Waals surface area contributed by atoms with Crippen LogP contribution >= 0.6 is 0 Å². The molecule has 5 nitrogen and oxygen atoms in total. The van der Waals surface area contributed by atoms with Crippen molar-refractivity contribution in [3.05, 3.63) is 30.1 Å². The van der Waals surface area contributed by atoms with Crippen molar-refractivity contribution in [1.29, 1.82) is 0 Å². The van der Waals surface area contributed by atoms with E-state index in [4.69, 9.17) is 4.74 Å². The van der Waals surface area contributed by atoms with Crippen LogP contribution in [0.15, 0.2) is 24.3 Å². The number of amides is 1. The summed E-state index contributed by atoms with van der Waals surface area (Å²) in [6.45, 7) is 3.29. The Kier molecular flexibility index (Phi) is 4.82. The highest BCUT2D eigenvalue weighted by molar-refractivity contribution is 5.78. The van der Waals surface area contributed by atoms with E-state index < -0.39 is 11.4 Å². The number of hydrogen-bond acceptors (Lipinski definition) is 4. The highest BCUT2D eigenvalue weighted by Crippen LogP contribution is 2.24. The maximum absolute atomic E-state index is 13.5. The number of aliphatic hydroxyl groups is 1. The number of carbonyl (C=O) groups excluding carboxylic acids is 1. The molecule has 1 aromatic carbocycles. The van der Waals surface area contributed by atoms with Gasteiger partial charge >= 0.3 is 0 Å². The molecule has 1 N–H and O–H groups in total. The quantitative estimate of drug-likeness (QED) is 0.887. The molecule has 0 radical (unpaired) electrons. The normalized spacial score (nSPS) is 25.0. The first-order valence-electron chi connectivity index (χ1n) is 8.16. The Labute approximate surface area is 135 Å². The Morgan fingerprint density at radius 2 is 2.00 bits per heavy atom. The van der Waals surface area contributed by atoms with Gasteiger partial charge in [-0.2, -0.15) is 0 Å². The lowest BCUT2D eigenvalue weighted by atomic mass is 10.0. The summed E-state index contributed by atoms with van der Waals surface area (Å²) in [6, 6.07) is 6.03. The van der Waals surface area contributed by atoms with Crippen molar-refractivity contribution in [2.45, 2.75) is 24.9 Å². The molecule has 2 heterocycles. The number of benzene rings is 1.